The van der Waals surface area contributed by atoms with Crippen molar-refractivity contribution < 1.29 is 43.0 Å². The van der Waals surface area contributed by atoms with E-state index in [0.717, 1.165) is 19.3 Å². The number of rotatable bonds is 20. The lowest BCUT2D eigenvalue weighted by atomic mass is 10.0. The van der Waals surface area contributed by atoms with E-state index in [-0.39, 0.29) is 18.7 Å². The Morgan fingerprint density at radius 2 is 1.57 bits per heavy atom. The molecule has 0 aromatic carbocycles. The van der Waals surface area contributed by atoms with Crippen LogP contribution in [0.1, 0.15) is 71.1 Å². The smallest absolute Gasteiger partial charge is 0.268 e. The van der Waals surface area contributed by atoms with Crippen molar-refractivity contribution >= 4 is 13.6 Å². The number of hydrogen-bond donors (Lipinski definition) is 2. The monoisotopic (exact) mass is 455 g/mol. The number of aliphatic hydroxyl groups is 1. The van der Waals surface area contributed by atoms with Gasteiger partial charge in [-0.3, -0.25) is 14.6 Å². The minimum atomic E-state index is -4.82. The molecule has 0 radical (unpaired) electrons. The SMILES string of the molecule is CCCCCCCCCCCC(=O)C(C[N+](C)(C)C)OP(=O)([O-])OC[C@@H](CO)OO. The summed E-state index contributed by atoms with van der Waals surface area (Å²) in [5.41, 5.74) is 0. The highest BCUT2D eigenvalue weighted by Gasteiger charge is 2.30. The molecule has 0 rings (SSSR count). The first-order chi connectivity index (χ1) is 14.0. The molecule has 3 atom stereocenters. The molecule has 0 amide bonds. The Kier molecular flexibility index (Phi) is 16.1. The van der Waals surface area contributed by atoms with Crippen molar-refractivity contribution in [2.75, 3.05) is 40.9 Å². The molecule has 0 spiro atoms. The first-order valence-electron chi connectivity index (χ1n) is 10.9. The molecule has 9 nitrogen and oxygen atoms in total. The normalized spacial score (nSPS) is 16.2. The van der Waals surface area contributed by atoms with E-state index in [1.54, 1.807) is 0 Å². The molecule has 0 saturated heterocycles. The Bertz CT molecular complexity index is 494. The maximum Gasteiger partial charge on any atom is 0.268 e. The summed E-state index contributed by atoms with van der Waals surface area (Å²) < 4.78 is 22.1. The van der Waals surface area contributed by atoms with Gasteiger partial charge in [0.1, 0.15) is 12.6 Å². The van der Waals surface area contributed by atoms with Gasteiger partial charge in [0.2, 0.25) is 0 Å². The second kappa shape index (κ2) is 16.3. The van der Waals surface area contributed by atoms with Gasteiger partial charge in [0.05, 0.1) is 34.4 Å². The lowest BCUT2D eigenvalue weighted by Gasteiger charge is -2.32. The van der Waals surface area contributed by atoms with Gasteiger partial charge in [0, 0.05) is 6.42 Å². The highest BCUT2D eigenvalue weighted by atomic mass is 31.2. The fourth-order valence-corrected chi connectivity index (χ4v) is 3.85. The molecule has 0 saturated carbocycles. The van der Waals surface area contributed by atoms with Gasteiger partial charge in [-0.25, -0.2) is 4.89 Å². The van der Waals surface area contributed by atoms with Gasteiger partial charge in [0.25, 0.3) is 7.82 Å². The van der Waals surface area contributed by atoms with Crippen LogP contribution in [0.2, 0.25) is 0 Å². The van der Waals surface area contributed by atoms with Crippen molar-refractivity contribution in [2.45, 2.75) is 83.3 Å². The molecule has 180 valence electrons. The van der Waals surface area contributed by atoms with Gasteiger partial charge in [-0.05, 0) is 6.42 Å². The molecular weight excluding hydrogens is 413 g/mol. The van der Waals surface area contributed by atoms with Gasteiger partial charge in [-0.15, -0.1) is 0 Å². The average molecular weight is 456 g/mol. The fourth-order valence-electron chi connectivity index (χ4n) is 2.94. The first-order valence-corrected chi connectivity index (χ1v) is 12.4. The van der Waals surface area contributed by atoms with Crippen LogP contribution in [0, 0.1) is 0 Å². The summed E-state index contributed by atoms with van der Waals surface area (Å²) in [6, 6.07) is 0. The van der Waals surface area contributed by atoms with Gasteiger partial charge in [-0.1, -0.05) is 58.3 Å². The zero-order valence-corrected chi connectivity index (χ0v) is 20.0. The van der Waals surface area contributed by atoms with Crippen molar-refractivity contribution in [1.29, 1.82) is 0 Å². The number of nitrogens with zero attached hydrogens (tertiary/aromatic N) is 1. The Morgan fingerprint density at radius 3 is 2.03 bits per heavy atom. The first kappa shape index (κ1) is 29.6. The number of hydrogen-bond acceptors (Lipinski definition) is 8. The number of phosphoric ester groups is 1. The predicted molar refractivity (Wildman–Crippen MR) is 113 cm³/mol. The maximum absolute atomic E-state index is 12.6. The fraction of sp³-hybridized carbons (Fsp3) is 0.950. The number of aliphatic hydroxyl groups excluding tert-OH is 1. The van der Waals surface area contributed by atoms with E-state index in [4.69, 9.17) is 14.9 Å². The molecule has 0 heterocycles. The zero-order chi connectivity index (χ0) is 23.0. The summed E-state index contributed by atoms with van der Waals surface area (Å²) in [6.07, 6.45) is 7.98. The summed E-state index contributed by atoms with van der Waals surface area (Å²) in [6.45, 7) is 1.12. The summed E-state index contributed by atoms with van der Waals surface area (Å²) >= 11 is 0. The standard InChI is InChI=1S/C20H42NO8P/c1-5-6-7-8-9-10-11-12-13-14-19(23)20(15-21(2,3)4)29-30(25,26)27-17-18(16-22)28-24/h18,20,22H,5-17H2,1-4H3,(H-,24,25,26)/t18-,20?/m1/s1. The number of ketones is 1. The summed E-state index contributed by atoms with van der Waals surface area (Å²) in [5.74, 6) is -0.275. The lowest BCUT2D eigenvalue weighted by molar-refractivity contribution is -0.872. The van der Waals surface area contributed by atoms with Crippen molar-refractivity contribution in [3.05, 3.63) is 0 Å². The second-order valence-electron chi connectivity index (χ2n) is 8.76. The number of quaternary nitrogens is 1. The Morgan fingerprint density at radius 1 is 1.03 bits per heavy atom. The number of carbonyl (C=O) groups is 1. The van der Waals surface area contributed by atoms with Crippen molar-refractivity contribution in [3.63, 3.8) is 0 Å². The lowest BCUT2D eigenvalue weighted by Crippen LogP contribution is -2.45. The molecule has 10 heteroatoms. The average Bonchev–Trinajstić information content (AvgIpc) is 2.65. The van der Waals surface area contributed by atoms with Crippen LogP contribution in [0.4, 0.5) is 0 Å². The van der Waals surface area contributed by atoms with Gasteiger partial charge >= 0.3 is 0 Å². The molecule has 0 aromatic rings. The number of phosphoric acid groups is 1. The molecule has 0 bridgehead atoms. The number of likely N-dealkylation sites (N-methyl/N-ethyl adjacent to an activating group) is 1. The third-order valence-corrected chi connectivity index (χ3v) is 5.60. The molecule has 0 aromatic heterocycles. The maximum atomic E-state index is 12.6. The molecule has 0 aliphatic rings. The zero-order valence-electron chi connectivity index (χ0n) is 19.1. The third-order valence-electron chi connectivity index (χ3n) is 4.63. The van der Waals surface area contributed by atoms with E-state index >= 15 is 0 Å². The highest BCUT2D eigenvalue weighted by molar-refractivity contribution is 7.45. The molecule has 2 unspecified atom stereocenters. The van der Waals surface area contributed by atoms with Gasteiger partial charge < -0.3 is 23.5 Å². The number of carbonyl (C=O) groups excluding carboxylic acids is 1. The molecule has 2 N–H and O–H groups in total. The van der Waals surface area contributed by atoms with E-state index in [1.165, 1.54) is 32.1 Å². The highest BCUT2D eigenvalue weighted by Crippen LogP contribution is 2.40. The van der Waals surface area contributed by atoms with Crippen molar-refractivity contribution in [1.82, 2.24) is 0 Å². The van der Waals surface area contributed by atoms with Crippen LogP contribution in [0.25, 0.3) is 0 Å². The van der Waals surface area contributed by atoms with Crippen LogP contribution in [0.15, 0.2) is 0 Å². The molecule has 0 aliphatic carbocycles. The Balaban J connectivity index is 4.49. The van der Waals surface area contributed by atoms with Gasteiger partial charge in [-0.2, -0.15) is 0 Å². The largest absolute Gasteiger partial charge is 0.756 e. The molecule has 30 heavy (non-hydrogen) atoms. The van der Waals surface area contributed by atoms with E-state index in [2.05, 4.69) is 16.3 Å². The van der Waals surface area contributed by atoms with Crippen LogP contribution in [-0.2, 0) is 23.3 Å². The Hall–Kier alpha value is -0.380. The van der Waals surface area contributed by atoms with Crippen molar-refractivity contribution in [2.24, 2.45) is 0 Å². The molecule has 0 fully saturated rings. The van der Waals surface area contributed by atoms with Gasteiger partial charge in [0.15, 0.2) is 11.9 Å². The van der Waals surface area contributed by atoms with E-state index in [1.807, 2.05) is 21.1 Å². The molecular formula is C20H42NO8P. The summed E-state index contributed by atoms with van der Waals surface area (Å²) in [7, 11) is 0.685. The number of unbranched alkanes of at least 4 members (excludes halogenated alkanes) is 8. The quantitative estimate of drug-likeness (QED) is 0.0944. The topological polar surface area (TPSA) is 125 Å². The van der Waals surface area contributed by atoms with E-state index in [0.29, 0.717) is 10.9 Å². The number of Topliss-reactive ketones (excluding diaryl/α,β-unsaturated/α-hetero) is 1. The van der Waals surface area contributed by atoms with Crippen LogP contribution in [-0.4, -0.2) is 73.7 Å². The summed E-state index contributed by atoms with van der Waals surface area (Å²) in [4.78, 5) is 28.6. The van der Waals surface area contributed by atoms with Crippen molar-refractivity contribution in [3.8, 4) is 0 Å². The van der Waals surface area contributed by atoms with E-state index in [9.17, 15) is 14.3 Å². The summed E-state index contributed by atoms with van der Waals surface area (Å²) in [5, 5.41) is 17.4. The van der Waals surface area contributed by atoms with E-state index < -0.39 is 33.2 Å². The Labute approximate surface area is 181 Å². The third kappa shape index (κ3) is 16.3. The van der Waals surface area contributed by atoms with Crippen LogP contribution in [0.3, 0.4) is 0 Å². The van der Waals surface area contributed by atoms with Crippen LogP contribution in [0.5, 0.6) is 0 Å². The minimum Gasteiger partial charge on any atom is -0.756 e. The van der Waals surface area contributed by atoms with Crippen LogP contribution < -0.4 is 4.89 Å². The second-order valence-corrected chi connectivity index (χ2v) is 10.1. The minimum absolute atomic E-state index is 0.172. The molecule has 0 aliphatic heterocycles. The predicted octanol–water partition coefficient (Wildman–Crippen LogP) is 2.90. The van der Waals surface area contributed by atoms with Crippen LogP contribution >= 0.6 is 7.82 Å².